The third kappa shape index (κ3) is 5.16. The fourth-order valence-electron chi connectivity index (χ4n) is 1.99. The van der Waals surface area contributed by atoms with E-state index >= 15 is 0 Å². The molecule has 1 N–H and O–H groups in total. The normalized spacial score (nSPS) is 14.0. The standard InChI is InChI=1S/C13H21N3O3/c1-10(2)8-15(9-12(17)18)13(19)16(7-3-6-14)11-4-5-11/h10-11H,3-5,7-9H2,1-2H3,(H,17,18). The van der Waals surface area contributed by atoms with Crippen LogP contribution in [0.1, 0.15) is 33.1 Å². The van der Waals surface area contributed by atoms with Crippen molar-refractivity contribution in [3.63, 3.8) is 0 Å². The number of carboxylic acids is 1. The summed E-state index contributed by atoms with van der Waals surface area (Å²) in [6.07, 6.45) is 2.17. The minimum absolute atomic E-state index is 0.185. The summed E-state index contributed by atoms with van der Waals surface area (Å²) in [4.78, 5) is 26.2. The largest absolute Gasteiger partial charge is 0.480 e. The molecule has 1 saturated carbocycles. The first kappa shape index (κ1) is 15.3. The molecule has 0 saturated heterocycles. The van der Waals surface area contributed by atoms with Crippen molar-refractivity contribution in [3.8, 4) is 6.07 Å². The van der Waals surface area contributed by atoms with E-state index in [1.165, 1.54) is 4.90 Å². The quantitative estimate of drug-likeness (QED) is 0.758. The van der Waals surface area contributed by atoms with Gasteiger partial charge in [-0.15, -0.1) is 0 Å². The summed E-state index contributed by atoms with van der Waals surface area (Å²) in [6, 6.07) is 1.96. The van der Waals surface area contributed by atoms with Gasteiger partial charge in [0.15, 0.2) is 0 Å². The second kappa shape index (κ2) is 6.98. The predicted molar refractivity (Wildman–Crippen MR) is 69.4 cm³/mol. The van der Waals surface area contributed by atoms with Gasteiger partial charge in [-0.1, -0.05) is 13.8 Å². The molecule has 0 aromatic carbocycles. The molecule has 0 aliphatic heterocycles. The maximum Gasteiger partial charge on any atom is 0.323 e. The number of nitriles is 1. The van der Waals surface area contributed by atoms with Crippen LogP contribution in [0.25, 0.3) is 0 Å². The highest BCUT2D eigenvalue weighted by Gasteiger charge is 2.35. The highest BCUT2D eigenvalue weighted by molar-refractivity contribution is 5.80. The van der Waals surface area contributed by atoms with E-state index in [0.717, 1.165) is 12.8 Å². The maximum atomic E-state index is 12.4. The van der Waals surface area contributed by atoms with E-state index in [1.54, 1.807) is 4.90 Å². The van der Waals surface area contributed by atoms with Gasteiger partial charge in [0.05, 0.1) is 12.5 Å². The molecule has 0 unspecified atom stereocenters. The smallest absolute Gasteiger partial charge is 0.323 e. The van der Waals surface area contributed by atoms with Gasteiger partial charge in [-0.3, -0.25) is 4.79 Å². The monoisotopic (exact) mass is 267 g/mol. The van der Waals surface area contributed by atoms with E-state index in [0.29, 0.717) is 13.1 Å². The number of carbonyl (C=O) groups excluding carboxylic acids is 1. The van der Waals surface area contributed by atoms with Crippen molar-refractivity contribution in [1.29, 1.82) is 5.26 Å². The van der Waals surface area contributed by atoms with Gasteiger partial charge < -0.3 is 14.9 Å². The topological polar surface area (TPSA) is 84.6 Å². The molecule has 106 valence electrons. The van der Waals surface area contributed by atoms with Gasteiger partial charge in [0, 0.05) is 19.1 Å². The molecule has 0 spiro atoms. The van der Waals surface area contributed by atoms with Crippen molar-refractivity contribution in [2.75, 3.05) is 19.6 Å². The molecule has 0 bridgehead atoms. The minimum Gasteiger partial charge on any atom is -0.480 e. The Kier molecular flexibility index (Phi) is 5.61. The van der Waals surface area contributed by atoms with Crippen molar-refractivity contribution in [1.82, 2.24) is 9.80 Å². The van der Waals surface area contributed by atoms with Gasteiger partial charge in [-0.05, 0) is 18.8 Å². The fraction of sp³-hybridized carbons (Fsp3) is 0.769. The number of aliphatic carboxylic acids is 1. The fourth-order valence-corrected chi connectivity index (χ4v) is 1.99. The van der Waals surface area contributed by atoms with E-state index < -0.39 is 5.97 Å². The molecule has 6 heteroatoms. The molecule has 0 radical (unpaired) electrons. The molecule has 1 aliphatic rings. The number of carbonyl (C=O) groups is 2. The lowest BCUT2D eigenvalue weighted by Crippen LogP contribution is -2.48. The Labute approximate surface area is 113 Å². The Morgan fingerprint density at radius 3 is 2.47 bits per heavy atom. The van der Waals surface area contributed by atoms with E-state index in [2.05, 4.69) is 0 Å². The van der Waals surface area contributed by atoms with Gasteiger partial charge in [0.2, 0.25) is 0 Å². The van der Waals surface area contributed by atoms with Crippen molar-refractivity contribution in [2.45, 2.75) is 39.2 Å². The van der Waals surface area contributed by atoms with Crippen LogP contribution < -0.4 is 0 Å². The van der Waals surface area contributed by atoms with Crippen molar-refractivity contribution >= 4 is 12.0 Å². The summed E-state index contributed by atoms with van der Waals surface area (Å²) in [7, 11) is 0. The van der Waals surface area contributed by atoms with Crippen LogP contribution in [0.15, 0.2) is 0 Å². The van der Waals surface area contributed by atoms with Crippen LogP contribution in [0, 0.1) is 17.2 Å². The number of carboxylic acid groups (broad SMARTS) is 1. The number of hydrogen-bond acceptors (Lipinski definition) is 3. The second-order valence-corrected chi connectivity index (χ2v) is 5.28. The van der Waals surface area contributed by atoms with Crippen LogP contribution in [0.4, 0.5) is 4.79 Å². The zero-order valence-corrected chi connectivity index (χ0v) is 11.5. The molecule has 0 aromatic rings. The lowest BCUT2D eigenvalue weighted by atomic mass is 10.2. The molecule has 0 atom stereocenters. The average Bonchev–Trinajstić information content (AvgIpc) is 3.11. The molecule has 2 amide bonds. The van der Waals surface area contributed by atoms with Gasteiger partial charge in [-0.2, -0.15) is 5.26 Å². The second-order valence-electron chi connectivity index (χ2n) is 5.28. The molecule has 0 aromatic heterocycles. The Hall–Kier alpha value is -1.77. The molecule has 0 heterocycles. The summed E-state index contributed by atoms with van der Waals surface area (Å²) in [6.45, 7) is 4.40. The first-order valence-electron chi connectivity index (χ1n) is 6.60. The number of nitrogens with zero attached hydrogens (tertiary/aromatic N) is 3. The lowest BCUT2D eigenvalue weighted by molar-refractivity contribution is -0.137. The van der Waals surface area contributed by atoms with Gasteiger partial charge in [-0.25, -0.2) is 4.79 Å². The molecular formula is C13H21N3O3. The van der Waals surface area contributed by atoms with Gasteiger partial charge in [0.25, 0.3) is 0 Å². The number of rotatable bonds is 7. The van der Waals surface area contributed by atoms with Crippen LogP contribution in [0.3, 0.4) is 0 Å². The first-order chi connectivity index (χ1) is 8.95. The Balaban J connectivity index is 2.70. The SMILES string of the molecule is CC(C)CN(CC(=O)O)C(=O)N(CCC#N)C1CC1. The van der Waals surface area contributed by atoms with Crippen molar-refractivity contribution in [3.05, 3.63) is 0 Å². The zero-order chi connectivity index (χ0) is 14.4. The molecule has 19 heavy (non-hydrogen) atoms. The Morgan fingerprint density at radius 1 is 1.42 bits per heavy atom. The van der Waals surface area contributed by atoms with E-state index in [4.69, 9.17) is 10.4 Å². The van der Waals surface area contributed by atoms with Crippen LogP contribution in [-0.2, 0) is 4.79 Å². The van der Waals surface area contributed by atoms with Crippen LogP contribution in [-0.4, -0.2) is 52.6 Å². The predicted octanol–water partition coefficient (Wildman–Crippen LogP) is 1.53. The molecule has 6 nitrogen and oxygen atoms in total. The molecular weight excluding hydrogens is 246 g/mol. The highest BCUT2D eigenvalue weighted by Crippen LogP contribution is 2.28. The van der Waals surface area contributed by atoms with Crippen molar-refractivity contribution in [2.24, 2.45) is 5.92 Å². The first-order valence-corrected chi connectivity index (χ1v) is 6.60. The molecule has 1 fully saturated rings. The number of urea groups is 1. The Bertz CT molecular complexity index is 372. The molecule has 1 rings (SSSR count). The summed E-state index contributed by atoms with van der Waals surface area (Å²) in [5.74, 6) is -0.801. The lowest BCUT2D eigenvalue weighted by Gasteiger charge is -2.30. The zero-order valence-electron chi connectivity index (χ0n) is 11.5. The van der Waals surface area contributed by atoms with Crippen molar-refractivity contribution < 1.29 is 14.7 Å². The third-order valence-electron chi connectivity index (χ3n) is 2.88. The highest BCUT2D eigenvalue weighted by atomic mass is 16.4. The van der Waals surface area contributed by atoms with E-state index in [9.17, 15) is 9.59 Å². The maximum absolute atomic E-state index is 12.4. The number of amides is 2. The van der Waals surface area contributed by atoms with Crippen LogP contribution in [0.5, 0.6) is 0 Å². The van der Waals surface area contributed by atoms with Crippen LogP contribution in [0.2, 0.25) is 0 Å². The average molecular weight is 267 g/mol. The minimum atomic E-state index is -1.01. The summed E-state index contributed by atoms with van der Waals surface area (Å²) >= 11 is 0. The summed E-state index contributed by atoms with van der Waals surface area (Å²) in [5, 5.41) is 17.5. The molecule has 1 aliphatic carbocycles. The van der Waals surface area contributed by atoms with Crippen LogP contribution >= 0.6 is 0 Å². The van der Waals surface area contributed by atoms with Gasteiger partial charge >= 0.3 is 12.0 Å². The Morgan fingerprint density at radius 2 is 2.05 bits per heavy atom. The van der Waals surface area contributed by atoms with E-state index in [1.807, 2.05) is 19.9 Å². The number of hydrogen-bond donors (Lipinski definition) is 1. The summed E-state index contributed by atoms with van der Waals surface area (Å²) in [5.41, 5.74) is 0. The summed E-state index contributed by atoms with van der Waals surface area (Å²) < 4.78 is 0. The van der Waals surface area contributed by atoms with E-state index in [-0.39, 0.29) is 31.0 Å². The van der Waals surface area contributed by atoms with Gasteiger partial charge in [0.1, 0.15) is 6.54 Å². The third-order valence-corrected chi connectivity index (χ3v) is 2.88.